The molecule has 0 spiro atoms. The lowest BCUT2D eigenvalue weighted by molar-refractivity contribution is -0.147. The Bertz CT molecular complexity index is 248. The summed E-state index contributed by atoms with van der Waals surface area (Å²) in [6.07, 6.45) is 2.34. The molecule has 0 aromatic heterocycles. The first-order valence-corrected chi connectivity index (χ1v) is 5.63. The number of hydrogen-bond donors (Lipinski definition) is 0. The first-order valence-electron chi connectivity index (χ1n) is 5.63. The third kappa shape index (κ3) is 3.81. The molecule has 0 aromatic carbocycles. The Hall–Kier alpha value is -1.10. The highest BCUT2D eigenvalue weighted by molar-refractivity contribution is 5.82. The third-order valence-electron chi connectivity index (χ3n) is 2.71. The maximum Gasteiger partial charge on any atom is 0.325 e. The summed E-state index contributed by atoms with van der Waals surface area (Å²) in [4.78, 5) is 24.4. The Labute approximate surface area is 95.7 Å². The van der Waals surface area contributed by atoms with E-state index < -0.39 is 0 Å². The van der Waals surface area contributed by atoms with Crippen LogP contribution in [0, 0.1) is 0 Å². The van der Waals surface area contributed by atoms with E-state index in [9.17, 15) is 9.59 Å². The number of esters is 1. The van der Waals surface area contributed by atoms with Gasteiger partial charge >= 0.3 is 5.97 Å². The first kappa shape index (κ1) is 13.0. The van der Waals surface area contributed by atoms with Crippen molar-refractivity contribution in [3.8, 4) is 0 Å². The predicted octanol–water partition coefficient (Wildman–Crippen LogP) is 0.577. The number of nitrogens with zero attached hydrogens (tertiary/aromatic N) is 1. The molecule has 0 aromatic rings. The molecule has 1 amide bonds. The molecule has 0 N–H and O–H groups in total. The molecular formula is C11H19NO4. The summed E-state index contributed by atoms with van der Waals surface area (Å²) in [6, 6.07) is 0. The molecule has 92 valence electrons. The van der Waals surface area contributed by atoms with E-state index >= 15 is 0 Å². The lowest BCUT2D eigenvalue weighted by Gasteiger charge is -2.20. The van der Waals surface area contributed by atoms with Gasteiger partial charge in [0.25, 0.3) is 0 Å². The Morgan fingerprint density at radius 3 is 2.75 bits per heavy atom. The van der Waals surface area contributed by atoms with E-state index in [1.807, 2.05) is 6.92 Å². The standard InChI is InChI=1S/C11H19NO4/c1-3-12(8-11(14)15-2)10(13)7-9-5-4-6-16-9/h9H,3-8H2,1-2H3. The van der Waals surface area contributed by atoms with Crippen LogP contribution in [-0.2, 0) is 19.1 Å². The molecule has 1 atom stereocenters. The maximum absolute atomic E-state index is 11.8. The van der Waals surface area contributed by atoms with Crippen LogP contribution >= 0.6 is 0 Å². The van der Waals surface area contributed by atoms with Crippen molar-refractivity contribution in [1.29, 1.82) is 0 Å². The molecule has 1 aliphatic rings. The Kier molecular flexibility index (Phi) is 5.25. The summed E-state index contributed by atoms with van der Waals surface area (Å²) in [6.45, 7) is 3.12. The second-order valence-electron chi connectivity index (χ2n) is 3.82. The monoisotopic (exact) mass is 229 g/mol. The number of hydrogen-bond acceptors (Lipinski definition) is 4. The molecule has 0 saturated carbocycles. The van der Waals surface area contributed by atoms with Crippen molar-refractivity contribution in [2.24, 2.45) is 0 Å². The van der Waals surface area contributed by atoms with Crippen molar-refractivity contribution in [1.82, 2.24) is 4.90 Å². The molecule has 0 aliphatic carbocycles. The van der Waals surface area contributed by atoms with Gasteiger partial charge in [-0.05, 0) is 19.8 Å². The Morgan fingerprint density at radius 2 is 2.25 bits per heavy atom. The molecule has 16 heavy (non-hydrogen) atoms. The van der Waals surface area contributed by atoms with Gasteiger partial charge in [-0.1, -0.05) is 0 Å². The number of methoxy groups -OCH3 is 1. The molecule has 0 radical (unpaired) electrons. The van der Waals surface area contributed by atoms with Gasteiger partial charge in [-0.3, -0.25) is 9.59 Å². The SMILES string of the molecule is CCN(CC(=O)OC)C(=O)CC1CCCO1. The van der Waals surface area contributed by atoms with Gasteiger partial charge in [0, 0.05) is 13.2 Å². The normalized spacial score (nSPS) is 19.5. The van der Waals surface area contributed by atoms with Crippen LogP contribution in [0.2, 0.25) is 0 Å². The van der Waals surface area contributed by atoms with Crippen LogP contribution in [0.1, 0.15) is 26.2 Å². The van der Waals surface area contributed by atoms with E-state index in [1.165, 1.54) is 12.0 Å². The minimum atomic E-state index is -0.387. The second kappa shape index (κ2) is 6.48. The van der Waals surface area contributed by atoms with E-state index in [-0.39, 0.29) is 24.5 Å². The second-order valence-corrected chi connectivity index (χ2v) is 3.82. The molecule has 1 fully saturated rings. The average Bonchev–Trinajstić information content (AvgIpc) is 2.77. The lowest BCUT2D eigenvalue weighted by Crippen LogP contribution is -2.37. The van der Waals surface area contributed by atoms with Crippen molar-refractivity contribution in [2.75, 3.05) is 26.8 Å². The zero-order chi connectivity index (χ0) is 12.0. The quantitative estimate of drug-likeness (QED) is 0.647. The minimum absolute atomic E-state index is 0.0263. The van der Waals surface area contributed by atoms with Crippen LogP contribution in [0.4, 0.5) is 0 Å². The van der Waals surface area contributed by atoms with Crippen LogP contribution in [0.3, 0.4) is 0 Å². The summed E-state index contributed by atoms with van der Waals surface area (Å²) in [5, 5.41) is 0. The summed E-state index contributed by atoms with van der Waals surface area (Å²) in [7, 11) is 1.32. The third-order valence-corrected chi connectivity index (χ3v) is 2.71. The first-order chi connectivity index (χ1) is 7.67. The summed E-state index contributed by atoms with van der Waals surface area (Å²) in [5.74, 6) is -0.428. The summed E-state index contributed by atoms with van der Waals surface area (Å²) >= 11 is 0. The molecule has 1 unspecified atom stereocenters. The fourth-order valence-electron chi connectivity index (χ4n) is 1.73. The van der Waals surface area contributed by atoms with Gasteiger partial charge < -0.3 is 14.4 Å². The van der Waals surface area contributed by atoms with Crippen LogP contribution in [0.25, 0.3) is 0 Å². The number of likely N-dealkylation sites (N-methyl/N-ethyl adjacent to an activating group) is 1. The lowest BCUT2D eigenvalue weighted by atomic mass is 10.1. The van der Waals surface area contributed by atoms with E-state index in [1.54, 1.807) is 0 Å². The number of carbonyl (C=O) groups is 2. The molecule has 1 rings (SSSR count). The van der Waals surface area contributed by atoms with E-state index in [2.05, 4.69) is 4.74 Å². The van der Waals surface area contributed by atoms with Crippen molar-refractivity contribution in [3.05, 3.63) is 0 Å². The van der Waals surface area contributed by atoms with Crippen LogP contribution in [0.5, 0.6) is 0 Å². The minimum Gasteiger partial charge on any atom is -0.468 e. The summed E-state index contributed by atoms with van der Waals surface area (Å²) < 4.78 is 9.92. The molecule has 0 bridgehead atoms. The maximum atomic E-state index is 11.8. The number of amides is 1. The van der Waals surface area contributed by atoms with Crippen LogP contribution < -0.4 is 0 Å². The highest BCUT2D eigenvalue weighted by Gasteiger charge is 2.23. The van der Waals surface area contributed by atoms with Crippen molar-refractivity contribution >= 4 is 11.9 Å². The van der Waals surface area contributed by atoms with Gasteiger partial charge in [0.15, 0.2) is 0 Å². The van der Waals surface area contributed by atoms with Gasteiger partial charge in [0.1, 0.15) is 6.54 Å². The topological polar surface area (TPSA) is 55.8 Å². The van der Waals surface area contributed by atoms with Crippen molar-refractivity contribution < 1.29 is 19.1 Å². The molecule has 1 heterocycles. The van der Waals surface area contributed by atoms with Crippen LogP contribution in [0.15, 0.2) is 0 Å². The fraction of sp³-hybridized carbons (Fsp3) is 0.818. The van der Waals surface area contributed by atoms with Crippen LogP contribution in [-0.4, -0.2) is 49.7 Å². The largest absolute Gasteiger partial charge is 0.468 e. The zero-order valence-corrected chi connectivity index (χ0v) is 9.90. The predicted molar refractivity (Wildman–Crippen MR) is 57.9 cm³/mol. The fourth-order valence-corrected chi connectivity index (χ4v) is 1.73. The van der Waals surface area contributed by atoms with Gasteiger partial charge in [0.05, 0.1) is 19.6 Å². The average molecular weight is 229 g/mol. The van der Waals surface area contributed by atoms with E-state index in [0.29, 0.717) is 13.0 Å². The van der Waals surface area contributed by atoms with Crippen molar-refractivity contribution in [2.45, 2.75) is 32.3 Å². The highest BCUT2D eigenvalue weighted by atomic mass is 16.5. The highest BCUT2D eigenvalue weighted by Crippen LogP contribution is 2.16. The molecular weight excluding hydrogens is 210 g/mol. The molecule has 5 heteroatoms. The van der Waals surface area contributed by atoms with E-state index in [0.717, 1.165) is 19.4 Å². The number of carbonyl (C=O) groups excluding carboxylic acids is 2. The molecule has 1 saturated heterocycles. The Balaban J connectivity index is 2.38. The number of rotatable bonds is 5. The molecule has 5 nitrogen and oxygen atoms in total. The van der Waals surface area contributed by atoms with Gasteiger partial charge in [-0.15, -0.1) is 0 Å². The summed E-state index contributed by atoms with van der Waals surface area (Å²) in [5.41, 5.74) is 0. The van der Waals surface area contributed by atoms with E-state index in [4.69, 9.17) is 4.74 Å². The van der Waals surface area contributed by atoms with Gasteiger partial charge in [0.2, 0.25) is 5.91 Å². The molecule has 1 aliphatic heterocycles. The number of ether oxygens (including phenoxy) is 2. The van der Waals surface area contributed by atoms with Gasteiger partial charge in [-0.2, -0.15) is 0 Å². The zero-order valence-electron chi connectivity index (χ0n) is 9.90. The smallest absolute Gasteiger partial charge is 0.325 e. The van der Waals surface area contributed by atoms with Gasteiger partial charge in [-0.25, -0.2) is 0 Å². The Morgan fingerprint density at radius 1 is 1.50 bits per heavy atom. The van der Waals surface area contributed by atoms with Crippen molar-refractivity contribution in [3.63, 3.8) is 0 Å².